The molecule has 110 valence electrons. The molecule has 0 aromatic heterocycles. The van der Waals surface area contributed by atoms with E-state index in [9.17, 15) is 9.18 Å². The number of rotatable bonds is 5. The monoisotopic (exact) mass is 299 g/mol. The van der Waals surface area contributed by atoms with Crippen LogP contribution < -0.4 is 11.1 Å². The van der Waals surface area contributed by atoms with E-state index >= 15 is 0 Å². The maximum atomic E-state index is 13.8. The molecule has 4 nitrogen and oxygen atoms in total. The number of hydrogen-bond acceptors (Lipinski definition) is 3. The van der Waals surface area contributed by atoms with E-state index in [0.29, 0.717) is 17.1 Å². The summed E-state index contributed by atoms with van der Waals surface area (Å²) in [6.07, 6.45) is 1.85. The average Bonchev–Trinajstić information content (AvgIpc) is 2.42. The molecule has 0 saturated carbocycles. The van der Waals surface area contributed by atoms with E-state index in [-0.39, 0.29) is 18.4 Å². The van der Waals surface area contributed by atoms with Crippen LogP contribution in [0.5, 0.6) is 0 Å². The Morgan fingerprint density at radius 2 is 2.15 bits per heavy atom. The Labute approximate surface area is 123 Å². The Bertz CT molecular complexity index is 477. The maximum absolute atomic E-state index is 13.8. The van der Waals surface area contributed by atoms with Gasteiger partial charge in [-0.1, -0.05) is 11.6 Å². The number of carbonyl (C=O) groups is 1. The first-order chi connectivity index (χ1) is 9.56. The fraction of sp³-hybridized carbons (Fsp3) is 0.500. The molecule has 1 fully saturated rings. The summed E-state index contributed by atoms with van der Waals surface area (Å²) in [4.78, 5) is 13.2. The van der Waals surface area contributed by atoms with Crippen molar-refractivity contribution in [2.75, 3.05) is 19.6 Å². The zero-order chi connectivity index (χ0) is 14.5. The molecule has 0 radical (unpaired) electrons. The van der Waals surface area contributed by atoms with Gasteiger partial charge in [0.05, 0.1) is 6.54 Å². The summed E-state index contributed by atoms with van der Waals surface area (Å²) in [6, 6.07) is 4.71. The largest absolute Gasteiger partial charge is 0.369 e. The second kappa shape index (κ2) is 7.02. The van der Waals surface area contributed by atoms with Gasteiger partial charge < -0.3 is 11.1 Å². The summed E-state index contributed by atoms with van der Waals surface area (Å²) in [5.74, 6) is -0.705. The number of nitrogens with two attached hydrogens (primary N) is 1. The highest BCUT2D eigenvalue weighted by molar-refractivity contribution is 6.30. The molecule has 3 N–H and O–H groups in total. The van der Waals surface area contributed by atoms with Crippen molar-refractivity contribution in [2.45, 2.75) is 25.4 Å². The molecule has 6 heteroatoms. The van der Waals surface area contributed by atoms with Gasteiger partial charge in [0.2, 0.25) is 5.91 Å². The Balaban J connectivity index is 2.13. The van der Waals surface area contributed by atoms with Gasteiger partial charge in [-0.25, -0.2) is 4.39 Å². The Hall–Kier alpha value is -1.17. The summed E-state index contributed by atoms with van der Waals surface area (Å²) in [5.41, 5.74) is 5.80. The van der Waals surface area contributed by atoms with Gasteiger partial charge in [0.15, 0.2) is 0 Å². The van der Waals surface area contributed by atoms with Gasteiger partial charge in [-0.15, -0.1) is 0 Å². The number of amides is 1. The molecule has 1 amide bonds. The molecule has 2 rings (SSSR count). The maximum Gasteiger partial charge on any atom is 0.231 e. The molecule has 1 saturated heterocycles. The predicted molar refractivity (Wildman–Crippen MR) is 76.9 cm³/mol. The van der Waals surface area contributed by atoms with E-state index in [1.807, 2.05) is 4.90 Å². The second-order valence-electron chi connectivity index (χ2n) is 5.09. The molecule has 1 heterocycles. The van der Waals surface area contributed by atoms with Gasteiger partial charge in [-0.3, -0.25) is 9.69 Å². The van der Waals surface area contributed by atoms with Gasteiger partial charge in [0, 0.05) is 23.2 Å². The standard InChI is InChI=1S/C14H19ClFN3O/c15-11-1-2-13(16)10(7-11)8-19(9-14(17)20)12-3-5-18-6-4-12/h1-2,7,12,18H,3-6,8-9H2,(H2,17,20). The minimum absolute atomic E-state index is 0.136. The highest BCUT2D eigenvalue weighted by Gasteiger charge is 2.23. The van der Waals surface area contributed by atoms with Crippen LogP contribution >= 0.6 is 11.6 Å². The molecule has 1 aromatic rings. The van der Waals surface area contributed by atoms with Crippen molar-refractivity contribution in [3.05, 3.63) is 34.6 Å². The minimum atomic E-state index is -0.397. The molecular formula is C14H19ClFN3O. The van der Waals surface area contributed by atoms with Gasteiger partial charge in [0.25, 0.3) is 0 Å². The van der Waals surface area contributed by atoms with Crippen molar-refractivity contribution in [1.29, 1.82) is 0 Å². The third-order valence-corrected chi connectivity index (χ3v) is 3.80. The van der Waals surface area contributed by atoms with Crippen LogP contribution in [0.4, 0.5) is 4.39 Å². The summed E-state index contributed by atoms with van der Waals surface area (Å²) >= 11 is 5.90. The van der Waals surface area contributed by atoms with E-state index in [1.165, 1.54) is 12.1 Å². The summed E-state index contributed by atoms with van der Waals surface area (Å²) in [5, 5.41) is 3.76. The summed E-state index contributed by atoms with van der Waals surface area (Å²) in [7, 11) is 0. The number of halogens is 2. The van der Waals surface area contributed by atoms with Gasteiger partial charge >= 0.3 is 0 Å². The lowest BCUT2D eigenvalue weighted by Crippen LogP contribution is -2.46. The third-order valence-electron chi connectivity index (χ3n) is 3.57. The van der Waals surface area contributed by atoms with Gasteiger partial charge in [-0.05, 0) is 44.1 Å². The lowest BCUT2D eigenvalue weighted by molar-refractivity contribution is -0.120. The molecule has 1 aromatic carbocycles. The van der Waals surface area contributed by atoms with Gasteiger partial charge in [-0.2, -0.15) is 0 Å². The zero-order valence-electron chi connectivity index (χ0n) is 11.2. The Morgan fingerprint density at radius 3 is 2.80 bits per heavy atom. The lowest BCUT2D eigenvalue weighted by Gasteiger charge is -2.34. The van der Waals surface area contributed by atoms with E-state index in [1.54, 1.807) is 6.07 Å². The quantitative estimate of drug-likeness (QED) is 0.867. The second-order valence-corrected chi connectivity index (χ2v) is 5.52. The van der Waals surface area contributed by atoms with Crippen LogP contribution in [0.2, 0.25) is 5.02 Å². The van der Waals surface area contributed by atoms with Crippen molar-refractivity contribution in [1.82, 2.24) is 10.2 Å². The molecule has 20 heavy (non-hydrogen) atoms. The zero-order valence-corrected chi connectivity index (χ0v) is 12.0. The number of carbonyl (C=O) groups excluding carboxylic acids is 1. The first-order valence-corrected chi connectivity index (χ1v) is 7.11. The minimum Gasteiger partial charge on any atom is -0.369 e. The smallest absolute Gasteiger partial charge is 0.231 e. The number of benzene rings is 1. The van der Waals surface area contributed by atoms with Gasteiger partial charge in [0.1, 0.15) is 5.82 Å². The summed E-state index contributed by atoms with van der Waals surface area (Å²) < 4.78 is 13.8. The van der Waals surface area contributed by atoms with Crippen molar-refractivity contribution < 1.29 is 9.18 Å². The average molecular weight is 300 g/mol. The fourth-order valence-corrected chi connectivity index (χ4v) is 2.76. The predicted octanol–water partition coefficient (Wildman–Crippen LogP) is 1.52. The van der Waals surface area contributed by atoms with E-state index in [4.69, 9.17) is 17.3 Å². The third kappa shape index (κ3) is 4.16. The van der Waals surface area contributed by atoms with E-state index in [0.717, 1.165) is 25.9 Å². The molecule has 0 aliphatic carbocycles. The Morgan fingerprint density at radius 1 is 1.45 bits per heavy atom. The van der Waals surface area contributed by atoms with Crippen LogP contribution in [0.3, 0.4) is 0 Å². The number of primary amides is 1. The van der Waals surface area contributed by atoms with Crippen LogP contribution in [-0.2, 0) is 11.3 Å². The summed E-state index contributed by atoms with van der Waals surface area (Å²) in [6.45, 7) is 2.28. The number of nitrogens with one attached hydrogen (secondary N) is 1. The molecular weight excluding hydrogens is 281 g/mol. The highest BCUT2D eigenvalue weighted by Crippen LogP contribution is 2.20. The van der Waals surface area contributed by atoms with Crippen molar-refractivity contribution in [3.8, 4) is 0 Å². The van der Waals surface area contributed by atoms with Crippen LogP contribution in [0.15, 0.2) is 18.2 Å². The lowest BCUT2D eigenvalue weighted by atomic mass is 10.0. The fourth-order valence-electron chi connectivity index (χ4n) is 2.57. The molecule has 0 spiro atoms. The molecule has 0 unspecified atom stereocenters. The first kappa shape index (κ1) is 15.2. The number of piperidine rings is 1. The number of hydrogen-bond donors (Lipinski definition) is 2. The normalized spacial score (nSPS) is 16.6. The van der Waals surface area contributed by atoms with E-state index in [2.05, 4.69) is 5.32 Å². The number of nitrogens with zero attached hydrogens (tertiary/aromatic N) is 1. The Kier molecular flexibility index (Phi) is 5.34. The molecule has 1 aliphatic heterocycles. The molecule has 0 atom stereocenters. The highest BCUT2D eigenvalue weighted by atomic mass is 35.5. The van der Waals surface area contributed by atoms with E-state index < -0.39 is 5.91 Å². The first-order valence-electron chi connectivity index (χ1n) is 6.73. The topological polar surface area (TPSA) is 58.4 Å². The van der Waals surface area contributed by atoms with Crippen molar-refractivity contribution in [3.63, 3.8) is 0 Å². The van der Waals surface area contributed by atoms with Crippen LogP contribution in [0.25, 0.3) is 0 Å². The molecule has 1 aliphatic rings. The van der Waals surface area contributed by atoms with Crippen molar-refractivity contribution >= 4 is 17.5 Å². The van der Waals surface area contributed by atoms with Crippen LogP contribution in [0.1, 0.15) is 18.4 Å². The van der Waals surface area contributed by atoms with Crippen LogP contribution in [0, 0.1) is 5.82 Å². The SMILES string of the molecule is NC(=O)CN(Cc1cc(Cl)ccc1F)C1CCNCC1. The van der Waals surface area contributed by atoms with Crippen molar-refractivity contribution in [2.24, 2.45) is 5.73 Å². The molecule has 0 bridgehead atoms. The van der Waals surface area contributed by atoms with Crippen LogP contribution in [-0.4, -0.2) is 36.5 Å².